The number of rotatable bonds is 1. The zero-order valence-corrected chi connectivity index (χ0v) is 13.3. The summed E-state index contributed by atoms with van der Waals surface area (Å²) in [5.74, 6) is 0.365. The second-order valence-electron chi connectivity index (χ2n) is 6.53. The van der Waals surface area contributed by atoms with E-state index in [9.17, 15) is 9.59 Å². The minimum absolute atomic E-state index is 0.0133. The topological polar surface area (TPSA) is 53.5 Å². The maximum absolute atomic E-state index is 13.0. The number of amides is 2. The van der Waals surface area contributed by atoms with Gasteiger partial charge in [0.2, 0.25) is 11.8 Å². The molecule has 0 radical (unpaired) electrons. The molecule has 2 amide bonds. The maximum Gasteiger partial charge on any atom is 0.233 e. The second kappa shape index (κ2) is 6.07. The Labute approximate surface area is 131 Å². The van der Waals surface area contributed by atoms with Crippen LogP contribution in [0, 0.1) is 5.92 Å². The molecule has 2 atom stereocenters. The van der Waals surface area contributed by atoms with Crippen LogP contribution in [0.5, 0.6) is 0 Å². The smallest absolute Gasteiger partial charge is 0.233 e. The van der Waals surface area contributed by atoms with Crippen LogP contribution in [0.3, 0.4) is 0 Å². The lowest BCUT2D eigenvalue weighted by molar-refractivity contribution is -0.137. The summed E-state index contributed by atoms with van der Waals surface area (Å²) in [5, 5.41) is 0. The van der Waals surface area contributed by atoms with E-state index in [1.807, 2.05) is 17.0 Å². The van der Waals surface area contributed by atoms with Gasteiger partial charge in [0.15, 0.2) is 0 Å². The Balaban J connectivity index is 1.87. The van der Waals surface area contributed by atoms with Crippen LogP contribution in [0.15, 0.2) is 18.3 Å². The van der Waals surface area contributed by atoms with Crippen molar-refractivity contribution in [3.63, 3.8) is 0 Å². The summed E-state index contributed by atoms with van der Waals surface area (Å²) >= 11 is 0. The van der Waals surface area contributed by atoms with E-state index in [0.29, 0.717) is 19.0 Å². The van der Waals surface area contributed by atoms with Gasteiger partial charge in [0.05, 0.1) is 11.6 Å². The van der Waals surface area contributed by atoms with E-state index in [1.54, 1.807) is 18.0 Å². The highest BCUT2D eigenvalue weighted by Gasteiger charge is 2.36. The molecule has 0 aliphatic carbocycles. The SMILES string of the molecule is CC(=O)N1Cc2cccnc2C(C(=O)N2CCCC(C)C2)C1. The lowest BCUT2D eigenvalue weighted by atomic mass is 9.91. The van der Waals surface area contributed by atoms with Crippen LogP contribution >= 0.6 is 0 Å². The number of nitrogens with zero attached hydrogens (tertiary/aromatic N) is 3. The van der Waals surface area contributed by atoms with Gasteiger partial charge in [0.1, 0.15) is 0 Å². The average Bonchev–Trinajstić information content (AvgIpc) is 2.53. The fourth-order valence-electron chi connectivity index (χ4n) is 3.52. The molecule has 5 nitrogen and oxygen atoms in total. The van der Waals surface area contributed by atoms with Gasteiger partial charge in [-0.3, -0.25) is 14.6 Å². The molecule has 1 aromatic heterocycles. The highest BCUT2D eigenvalue weighted by atomic mass is 16.2. The van der Waals surface area contributed by atoms with Crippen LogP contribution in [0.25, 0.3) is 0 Å². The molecule has 2 unspecified atom stereocenters. The van der Waals surface area contributed by atoms with Gasteiger partial charge in [-0.1, -0.05) is 13.0 Å². The largest absolute Gasteiger partial charge is 0.342 e. The number of hydrogen-bond donors (Lipinski definition) is 0. The zero-order valence-electron chi connectivity index (χ0n) is 13.3. The zero-order chi connectivity index (χ0) is 15.7. The molecule has 22 heavy (non-hydrogen) atoms. The summed E-state index contributed by atoms with van der Waals surface area (Å²) in [7, 11) is 0. The first kappa shape index (κ1) is 15.0. The summed E-state index contributed by atoms with van der Waals surface area (Å²) in [5.41, 5.74) is 1.84. The normalized spacial score (nSPS) is 24.8. The number of likely N-dealkylation sites (tertiary alicyclic amines) is 1. The molecule has 0 bridgehead atoms. The molecule has 3 rings (SSSR count). The van der Waals surface area contributed by atoms with Crippen molar-refractivity contribution in [2.24, 2.45) is 5.92 Å². The highest BCUT2D eigenvalue weighted by Crippen LogP contribution is 2.29. The molecule has 5 heteroatoms. The van der Waals surface area contributed by atoms with Gasteiger partial charge in [-0.2, -0.15) is 0 Å². The van der Waals surface area contributed by atoms with E-state index in [1.165, 1.54) is 6.42 Å². The molecule has 0 saturated carbocycles. The predicted octanol–water partition coefficient (Wildman–Crippen LogP) is 1.79. The lowest BCUT2D eigenvalue weighted by Gasteiger charge is -2.37. The summed E-state index contributed by atoms with van der Waals surface area (Å²) in [6, 6.07) is 3.84. The Kier molecular flexibility index (Phi) is 4.14. The lowest BCUT2D eigenvalue weighted by Crippen LogP contribution is -2.47. The number of hydrogen-bond acceptors (Lipinski definition) is 3. The molecule has 0 spiro atoms. The monoisotopic (exact) mass is 301 g/mol. The first-order chi connectivity index (χ1) is 10.6. The fraction of sp³-hybridized carbons (Fsp3) is 0.588. The van der Waals surface area contributed by atoms with Crippen molar-refractivity contribution in [1.29, 1.82) is 0 Å². The van der Waals surface area contributed by atoms with E-state index in [0.717, 1.165) is 30.8 Å². The van der Waals surface area contributed by atoms with Crippen molar-refractivity contribution in [2.45, 2.75) is 39.2 Å². The fourth-order valence-corrected chi connectivity index (χ4v) is 3.52. The van der Waals surface area contributed by atoms with Gasteiger partial charge in [0.25, 0.3) is 0 Å². The van der Waals surface area contributed by atoms with Crippen LogP contribution in [-0.4, -0.2) is 46.2 Å². The average molecular weight is 301 g/mol. The molecule has 1 saturated heterocycles. The molecule has 0 aromatic carbocycles. The van der Waals surface area contributed by atoms with Crippen molar-refractivity contribution in [3.05, 3.63) is 29.6 Å². The summed E-state index contributed by atoms with van der Waals surface area (Å²) in [6.07, 6.45) is 3.98. The molecule has 2 aliphatic heterocycles. The van der Waals surface area contributed by atoms with Crippen LogP contribution in [0.4, 0.5) is 0 Å². The Morgan fingerprint density at radius 2 is 2.09 bits per heavy atom. The van der Waals surface area contributed by atoms with E-state index in [4.69, 9.17) is 0 Å². The van der Waals surface area contributed by atoms with E-state index in [2.05, 4.69) is 11.9 Å². The van der Waals surface area contributed by atoms with Crippen molar-refractivity contribution >= 4 is 11.8 Å². The van der Waals surface area contributed by atoms with Crippen molar-refractivity contribution in [1.82, 2.24) is 14.8 Å². The second-order valence-corrected chi connectivity index (χ2v) is 6.53. The molecule has 1 aromatic rings. The van der Waals surface area contributed by atoms with E-state index < -0.39 is 0 Å². The van der Waals surface area contributed by atoms with Gasteiger partial charge in [-0.25, -0.2) is 0 Å². The third-order valence-corrected chi connectivity index (χ3v) is 4.73. The van der Waals surface area contributed by atoms with Crippen LogP contribution in [0.2, 0.25) is 0 Å². The maximum atomic E-state index is 13.0. The number of fused-ring (bicyclic) bond motifs is 1. The standard InChI is InChI=1S/C17H23N3O2/c1-12-5-4-8-19(9-12)17(22)15-11-20(13(2)21)10-14-6-3-7-18-16(14)15/h3,6-7,12,15H,4-5,8-11H2,1-2H3. The summed E-state index contributed by atoms with van der Waals surface area (Å²) in [6.45, 7) is 6.39. The number of piperidine rings is 1. The first-order valence-corrected chi connectivity index (χ1v) is 8.04. The Hall–Kier alpha value is -1.91. The molecule has 2 aliphatic rings. The van der Waals surface area contributed by atoms with Crippen LogP contribution in [0.1, 0.15) is 43.9 Å². The minimum Gasteiger partial charge on any atom is -0.342 e. The number of pyridine rings is 1. The van der Waals surface area contributed by atoms with Crippen LogP contribution < -0.4 is 0 Å². The van der Waals surface area contributed by atoms with E-state index >= 15 is 0 Å². The van der Waals surface area contributed by atoms with Gasteiger partial charge < -0.3 is 9.80 Å². The van der Waals surface area contributed by atoms with E-state index in [-0.39, 0.29) is 17.7 Å². The predicted molar refractivity (Wildman–Crippen MR) is 83.0 cm³/mol. The Morgan fingerprint density at radius 3 is 2.82 bits per heavy atom. The minimum atomic E-state index is -0.320. The number of carbonyl (C=O) groups is 2. The van der Waals surface area contributed by atoms with Crippen molar-refractivity contribution < 1.29 is 9.59 Å². The first-order valence-electron chi connectivity index (χ1n) is 8.04. The molecule has 118 valence electrons. The molecule has 1 fully saturated rings. The molecular weight excluding hydrogens is 278 g/mol. The Bertz CT molecular complexity index is 587. The molecule has 3 heterocycles. The van der Waals surface area contributed by atoms with Gasteiger partial charge in [-0.05, 0) is 30.4 Å². The van der Waals surface area contributed by atoms with Crippen molar-refractivity contribution in [3.8, 4) is 0 Å². The highest BCUT2D eigenvalue weighted by molar-refractivity contribution is 5.85. The summed E-state index contributed by atoms with van der Waals surface area (Å²) in [4.78, 5) is 32.9. The third kappa shape index (κ3) is 2.85. The third-order valence-electron chi connectivity index (χ3n) is 4.73. The molecular formula is C17H23N3O2. The summed E-state index contributed by atoms with van der Waals surface area (Å²) < 4.78 is 0. The Morgan fingerprint density at radius 1 is 1.27 bits per heavy atom. The van der Waals surface area contributed by atoms with Gasteiger partial charge >= 0.3 is 0 Å². The van der Waals surface area contributed by atoms with Gasteiger partial charge in [0, 0.05) is 39.3 Å². The molecule has 0 N–H and O–H groups in total. The van der Waals surface area contributed by atoms with Gasteiger partial charge in [-0.15, -0.1) is 0 Å². The van der Waals surface area contributed by atoms with Crippen LogP contribution in [-0.2, 0) is 16.1 Å². The number of carbonyl (C=O) groups excluding carboxylic acids is 2. The number of aromatic nitrogens is 1. The quantitative estimate of drug-likeness (QED) is 0.794. The van der Waals surface area contributed by atoms with Crippen molar-refractivity contribution in [2.75, 3.05) is 19.6 Å².